The Bertz CT molecular complexity index is 1180. The molecule has 6 N–H and O–H groups in total. The highest BCUT2D eigenvalue weighted by molar-refractivity contribution is 5.98. The lowest BCUT2D eigenvalue weighted by Crippen LogP contribution is -2.46. The third-order valence-electron chi connectivity index (χ3n) is 4.95. The van der Waals surface area contributed by atoms with Gasteiger partial charge in [-0.05, 0) is 34.9 Å². The third kappa shape index (κ3) is 6.92. The largest absolute Gasteiger partial charge is 0.480 e. The number of rotatable bonds is 10. The minimum Gasteiger partial charge on any atom is -0.480 e. The maximum atomic E-state index is 12.4. The van der Waals surface area contributed by atoms with Crippen LogP contribution in [0.2, 0.25) is 0 Å². The molecule has 0 aliphatic rings. The van der Waals surface area contributed by atoms with Gasteiger partial charge in [0.1, 0.15) is 12.4 Å². The summed E-state index contributed by atoms with van der Waals surface area (Å²) in [6.45, 7) is -0.366. The standard InChI is InChI=1S/C25H25N5O4/c26-29-16-28-21-11-5-10-20(14-21)24(32)27-15-23(31)30-22(25(33)34)13-17-6-4-9-19(12-17)18-7-2-1-3-8-18/h1-12,14,16,22H,13,15,26H2,(H,27,32)(H,28,29)(H,30,31)(H,33,34). The maximum Gasteiger partial charge on any atom is 0.326 e. The summed E-state index contributed by atoms with van der Waals surface area (Å²) >= 11 is 0. The van der Waals surface area contributed by atoms with Crippen molar-refractivity contribution in [3.05, 3.63) is 90.0 Å². The predicted octanol–water partition coefficient (Wildman–Crippen LogP) is 2.21. The molecule has 0 fully saturated rings. The van der Waals surface area contributed by atoms with Gasteiger partial charge in [0.15, 0.2) is 0 Å². The van der Waals surface area contributed by atoms with Crippen LogP contribution in [0.3, 0.4) is 0 Å². The topological polar surface area (TPSA) is 146 Å². The Balaban J connectivity index is 1.58. The van der Waals surface area contributed by atoms with Gasteiger partial charge >= 0.3 is 5.97 Å². The molecule has 0 saturated carbocycles. The number of carbonyl (C=O) groups excluding carboxylic acids is 2. The second-order valence-electron chi connectivity index (χ2n) is 7.41. The fraction of sp³-hybridized carbons (Fsp3) is 0.120. The molecule has 0 aliphatic carbocycles. The summed E-state index contributed by atoms with van der Waals surface area (Å²) in [5.74, 6) is 2.79. The Morgan fingerprint density at radius 2 is 1.68 bits per heavy atom. The normalized spacial score (nSPS) is 11.5. The molecule has 1 atom stereocenters. The van der Waals surface area contributed by atoms with Crippen LogP contribution < -0.4 is 21.8 Å². The molecule has 3 aromatic rings. The van der Waals surface area contributed by atoms with Crippen molar-refractivity contribution in [1.82, 2.24) is 10.6 Å². The molecule has 174 valence electrons. The summed E-state index contributed by atoms with van der Waals surface area (Å²) in [6.07, 6.45) is 1.37. The molecule has 9 nitrogen and oxygen atoms in total. The van der Waals surface area contributed by atoms with E-state index in [-0.39, 0.29) is 13.0 Å². The van der Waals surface area contributed by atoms with E-state index < -0.39 is 23.8 Å². The molecule has 0 spiro atoms. The summed E-state index contributed by atoms with van der Waals surface area (Å²) in [7, 11) is 0. The third-order valence-corrected chi connectivity index (χ3v) is 4.95. The monoisotopic (exact) mass is 459 g/mol. The van der Waals surface area contributed by atoms with E-state index in [0.29, 0.717) is 11.3 Å². The number of anilines is 1. The Morgan fingerprint density at radius 3 is 2.41 bits per heavy atom. The van der Waals surface area contributed by atoms with Gasteiger partial charge in [-0.2, -0.15) is 5.10 Å². The van der Waals surface area contributed by atoms with Crippen LogP contribution in [0, 0.1) is 0 Å². The summed E-state index contributed by atoms with van der Waals surface area (Å²) < 4.78 is 0. The lowest BCUT2D eigenvalue weighted by atomic mass is 9.99. The zero-order chi connectivity index (χ0) is 24.3. The number of aliphatic carboxylic acids is 1. The first-order chi connectivity index (χ1) is 16.5. The van der Waals surface area contributed by atoms with Crippen molar-refractivity contribution in [3.63, 3.8) is 0 Å². The molecule has 34 heavy (non-hydrogen) atoms. The van der Waals surface area contributed by atoms with Crippen LogP contribution in [0.4, 0.5) is 5.69 Å². The molecule has 0 aliphatic heterocycles. The van der Waals surface area contributed by atoms with Crippen LogP contribution in [0.1, 0.15) is 15.9 Å². The van der Waals surface area contributed by atoms with Crippen molar-refractivity contribution >= 4 is 29.8 Å². The zero-order valence-electron chi connectivity index (χ0n) is 18.3. The number of hydrazone groups is 1. The number of hydrogen-bond donors (Lipinski definition) is 5. The summed E-state index contributed by atoms with van der Waals surface area (Å²) in [6, 6.07) is 22.6. The van der Waals surface area contributed by atoms with Gasteiger partial charge in [0.05, 0.1) is 6.54 Å². The van der Waals surface area contributed by atoms with Crippen molar-refractivity contribution in [3.8, 4) is 11.1 Å². The average Bonchev–Trinajstić information content (AvgIpc) is 2.86. The number of nitrogens with zero attached hydrogens (tertiary/aromatic N) is 1. The smallest absolute Gasteiger partial charge is 0.326 e. The molecule has 3 rings (SSSR count). The van der Waals surface area contributed by atoms with Gasteiger partial charge in [-0.15, -0.1) is 0 Å². The Morgan fingerprint density at radius 1 is 0.941 bits per heavy atom. The van der Waals surface area contributed by atoms with Gasteiger partial charge in [0.2, 0.25) is 5.91 Å². The number of nitrogens with one attached hydrogen (secondary N) is 3. The first kappa shape index (κ1) is 24.0. The molecule has 9 heteroatoms. The van der Waals surface area contributed by atoms with Gasteiger partial charge in [-0.25, -0.2) is 4.79 Å². The first-order valence-corrected chi connectivity index (χ1v) is 10.5. The number of hydrogen-bond acceptors (Lipinski definition) is 5. The van der Waals surface area contributed by atoms with E-state index in [0.717, 1.165) is 16.7 Å². The summed E-state index contributed by atoms with van der Waals surface area (Å²) in [4.78, 5) is 36.5. The molecule has 2 amide bonds. The summed E-state index contributed by atoms with van der Waals surface area (Å²) in [5, 5.41) is 20.7. The molecule has 0 saturated heterocycles. The van der Waals surface area contributed by atoms with Gasteiger partial charge in [0.25, 0.3) is 5.91 Å². The summed E-state index contributed by atoms with van der Waals surface area (Å²) in [5.41, 5.74) is 3.64. The number of carboxylic acid groups (broad SMARTS) is 1. The number of carboxylic acids is 1. The highest BCUT2D eigenvalue weighted by Crippen LogP contribution is 2.20. The molecule has 0 radical (unpaired) electrons. The SMILES string of the molecule is NN=CNc1cccc(C(=O)NCC(=O)NC(Cc2cccc(-c3ccccc3)c2)C(=O)O)c1. The Labute approximate surface area is 196 Å². The van der Waals surface area contributed by atoms with E-state index in [2.05, 4.69) is 21.1 Å². The fourth-order valence-electron chi connectivity index (χ4n) is 3.31. The Hall–Kier alpha value is -4.66. The quantitative estimate of drug-likeness (QED) is 0.136. The maximum absolute atomic E-state index is 12.4. The van der Waals surface area contributed by atoms with Crippen molar-refractivity contribution < 1.29 is 19.5 Å². The number of carbonyl (C=O) groups is 3. The van der Waals surface area contributed by atoms with E-state index in [9.17, 15) is 19.5 Å². The second-order valence-corrected chi connectivity index (χ2v) is 7.41. The second kappa shape index (κ2) is 11.8. The van der Waals surface area contributed by atoms with Crippen LogP contribution >= 0.6 is 0 Å². The van der Waals surface area contributed by atoms with E-state index in [1.165, 1.54) is 6.34 Å². The van der Waals surface area contributed by atoms with Crippen molar-refractivity contribution in [2.45, 2.75) is 12.5 Å². The minimum atomic E-state index is -1.16. The van der Waals surface area contributed by atoms with E-state index >= 15 is 0 Å². The van der Waals surface area contributed by atoms with Crippen molar-refractivity contribution in [1.29, 1.82) is 0 Å². The first-order valence-electron chi connectivity index (χ1n) is 10.5. The fourth-order valence-corrected chi connectivity index (χ4v) is 3.31. The van der Waals surface area contributed by atoms with E-state index in [4.69, 9.17) is 5.84 Å². The number of benzene rings is 3. The van der Waals surface area contributed by atoms with Crippen LogP contribution in [0.15, 0.2) is 84.0 Å². The van der Waals surface area contributed by atoms with Gasteiger partial charge in [-0.3, -0.25) is 9.59 Å². The number of amides is 2. The Kier molecular flexibility index (Phi) is 8.34. The van der Waals surface area contributed by atoms with Crippen LogP contribution in [0.25, 0.3) is 11.1 Å². The highest BCUT2D eigenvalue weighted by Gasteiger charge is 2.21. The van der Waals surface area contributed by atoms with Crippen molar-refractivity contribution in [2.24, 2.45) is 10.9 Å². The lowest BCUT2D eigenvalue weighted by molar-refractivity contribution is -0.141. The average molecular weight is 460 g/mol. The van der Waals surface area contributed by atoms with E-state index in [1.54, 1.807) is 24.3 Å². The minimum absolute atomic E-state index is 0.103. The van der Waals surface area contributed by atoms with E-state index in [1.807, 2.05) is 54.6 Å². The van der Waals surface area contributed by atoms with Crippen LogP contribution in [-0.4, -0.2) is 41.8 Å². The molecule has 0 bridgehead atoms. The predicted molar refractivity (Wildman–Crippen MR) is 130 cm³/mol. The molecule has 0 aromatic heterocycles. The van der Waals surface area contributed by atoms with Gasteiger partial charge < -0.3 is 26.9 Å². The molecule has 1 unspecified atom stereocenters. The highest BCUT2D eigenvalue weighted by atomic mass is 16.4. The van der Waals surface area contributed by atoms with Crippen molar-refractivity contribution in [2.75, 3.05) is 11.9 Å². The molecule has 3 aromatic carbocycles. The molecular formula is C25H25N5O4. The zero-order valence-corrected chi connectivity index (χ0v) is 18.3. The van der Waals surface area contributed by atoms with Crippen LogP contribution in [0.5, 0.6) is 0 Å². The van der Waals surface area contributed by atoms with Crippen LogP contribution in [-0.2, 0) is 16.0 Å². The van der Waals surface area contributed by atoms with Gasteiger partial charge in [0, 0.05) is 17.7 Å². The molecule has 0 heterocycles. The lowest BCUT2D eigenvalue weighted by Gasteiger charge is -2.16. The molecular weight excluding hydrogens is 434 g/mol. The van der Waals surface area contributed by atoms with Gasteiger partial charge in [-0.1, -0.05) is 60.7 Å². The number of nitrogens with two attached hydrogens (primary N) is 1.